The van der Waals surface area contributed by atoms with Crippen molar-refractivity contribution in [2.75, 3.05) is 25.4 Å². The highest BCUT2D eigenvalue weighted by atomic mass is 32.2. The molecular formula is C16H34N2S. The summed E-state index contributed by atoms with van der Waals surface area (Å²) < 4.78 is 0. The number of hydrogen-bond acceptors (Lipinski definition) is 3. The Morgan fingerprint density at radius 1 is 1.21 bits per heavy atom. The van der Waals surface area contributed by atoms with Crippen molar-refractivity contribution in [1.29, 1.82) is 0 Å². The Bertz CT molecular complexity index is 235. The molecule has 114 valence electrons. The second-order valence-electron chi connectivity index (χ2n) is 6.21. The number of thioether (sulfide) groups is 1. The van der Waals surface area contributed by atoms with Crippen LogP contribution in [0.3, 0.4) is 0 Å². The molecule has 1 aliphatic heterocycles. The van der Waals surface area contributed by atoms with Crippen molar-refractivity contribution in [3.05, 3.63) is 0 Å². The van der Waals surface area contributed by atoms with Crippen LogP contribution < -0.4 is 5.73 Å². The summed E-state index contributed by atoms with van der Waals surface area (Å²) in [7, 11) is 0. The van der Waals surface area contributed by atoms with Gasteiger partial charge in [0.25, 0.3) is 0 Å². The Balaban J connectivity index is 2.39. The lowest BCUT2D eigenvalue weighted by molar-refractivity contribution is 0.102. The van der Waals surface area contributed by atoms with Gasteiger partial charge in [0.05, 0.1) is 0 Å². The van der Waals surface area contributed by atoms with Gasteiger partial charge in [-0.15, -0.1) is 0 Å². The van der Waals surface area contributed by atoms with Crippen LogP contribution >= 0.6 is 11.8 Å². The first-order valence-corrected chi connectivity index (χ1v) is 9.28. The molecular weight excluding hydrogens is 252 g/mol. The molecule has 1 heterocycles. The van der Waals surface area contributed by atoms with Crippen molar-refractivity contribution in [3.8, 4) is 0 Å². The maximum atomic E-state index is 6.12. The van der Waals surface area contributed by atoms with Crippen molar-refractivity contribution in [2.45, 2.75) is 76.5 Å². The Morgan fingerprint density at radius 2 is 1.95 bits per heavy atom. The maximum Gasteiger partial charge on any atom is 0.0304 e. The van der Waals surface area contributed by atoms with Gasteiger partial charge in [-0.3, -0.25) is 4.90 Å². The first-order valence-electron chi connectivity index (χ1n) is 8.23. The fourth-order valence-corrected chi connectivity index (χ4v) is 4.14. The molecule has 2 unspecified atom stereocenters. The number of unbranched alkanes of at least 4 members (excludes halogenated alkanes) is 4. The zero-order valence-corrected chi connectivity index (χ0v) is 14.1. The number of nitrogens with zero attached hydrogens (tertiary/aromatic N) is 1. The fraction of sp³-hybridized carbons (Fsp3) is 1.00. The largest absolute Gasteiger partial charge is 0.329 e. The first kappa shape index (κ1) is 17.3. The second kappa shape index (κ2) is 9.25. The molecule has 0 saturated carbocycles. The molecule has 0 aromatic heterocycles. The summed E-state index contributed by atoms with van der Waals surface area (Å²) in [6, 6.07) is 0. The highest BCUT2D eigenvalue weighted by Crippen LogP contribution is 2.29. The zero-order valence-electron chi connectivity index (χ0n) is 13.3. The molecule has 0 amide bonds. The SMILES string of the molecule is CCCCCCCC(C)(CN)N1CCSC(CC)C1. The van der Waals surface area contributed by atoms with E-state index in [1.807, 2.05) is 0 Å². The monoisotopic (exact) mass is 286 g/mol. The molecule has 2 atom stereocenters. The third-order valence-corrected chi connectivity index (χ3v) is 5.99. The number of rotatable bonds is 9. The first-order chi connectivity index (χ1) is 9.16. The van der Waals surface area contributed by atoms with Crippen LogP contribution in [0.5, 0.6) is 0 Å². The maximum absolute atomic E-state index is 6.12. The molecule has 3 heteroatoms. The van der Waals surface area contributed by atoms with Gasteiger partial charge in [-0.2, -0.15) is 11.8 Å². The number of hydrogen-bond donors (Lipinski definition) is 1. The lowest BCUT2D eigenvalue weighted by Gasteiger charge is -2.45. The second-order valence-corrected chi connectivity index (χ2v) is 7.62. The molecule has 19 heavy (non-hydrogen) atoms. The molecule has 0 aromatic rings. The topological polar surface area (TPSA) is 29.3 Å². The van der Waals surface area contributed by atoms with E-state index in [1.165, 1.54) is 63.8 Å². The Hall–Kier alpha value is 0.270. The zero-order chi connectivity index (χ0) is 14.1. The van der Waals surface area contributed by atoms with Crippen molar-refractivity contribution in [2.24, 2.45) is 5.73 Å². The van der Waals surface area contributed by atoms with Gasteiger partial charge in [-0.05, 0) is 19.8 Å². The minimum absolute atomic E-state index is 0.237. The summed E-state index contributed by atoms with van der Waals surface area (Å²) >= 11 is 2.15. The van der Waals surface area contributed by atoms with Gasteiger partial charge in [0, 0.05) is 36.2 Å². The summed E-state index contributed by atoms with van der Waals surface area (Å²) in [5, 5.41) is 0.819. The van der Waals surface area contributed by atoms with E-state index in [0.29, 0.717) is 0 Å². The fourth-order valence-electron chi connectivity index (χ4n) is 2.96. The van der Waals surface area contributed by atoms with Crippen molar-refractivity contribution in [1.82, 2.24) is 4.90 Å². The summed E-state index contributed by atoms with van der Waals surface area (Å²) in [4.78, 5) is 2.68. The molecule has 2 N–H and O–H groups in total. The van der Waals surface area contributed by atoms with Crippen LogP contribution in [0, 0.1) is 0 Å². The standard InChI is InChI=1S/C16H34N2S/c1-4-6-7-8-9-10-16(3,14-17)18-11-12-19-15(5-2)13-18/h15H,4-14,17H2,1-3H3. The van der Waals surface area contributed by atoms with E-state index in [9.17, 15) is 0 Å². The average Bonchev–Trinajstić information content (AvgIpc) is 2.47. The van der Waals surface area contributed by atoms with Gasteiger partial charge in [-0.1, -0.05) is 46.0 Å². The summed E-state index contributed by atoms with van der Waals surface area (Å²) in [5.41, 5.74) is 6.35. The third-order valence-electron chi connectivity index (χ3n) is 4.62. The molecule has 0 radical (unpaired) electrons. The highest BCUT2D eigenvalue weighted by molar-refractivity contribution is 8.00. The van der Waals surface area contributed by atoms with Crippen molar-refractivity contribution in [3.63, 3.8) is 0 Å². The molecule has 0 bridgehead atoms. The van der Waals surface area contributed by atoms with E-state index < -0.39 is 0 Å². The Labute approximate surface area is 124 Å². The van der Waals surface area contributed by atoms with Crippen LogP contribution in [-0.2, 0) is 0 Å². The van der Waals surface area contributed by atoms with E-state index in [4.69, 9.17) is 5.73 Å². The predicted molar refractivity (Wildman–Crippen MR) is 88.9 cm³/mol. The Kier molecular flexibility index (Phi) is 8.43. The minimum atomic E-state index is 0.237. The van der Waals surface area contributed by atoms with E-state index in [1.54, 1.807) is 0 Å². The van der Waals surface area contributed by atoms with E-state index >= 15 is 0 Å². The third kappa shape index (κ3) is 5.65. The van der Waals surface area contributed by atoms with Crippen LogP contribution in [-0.4, -0.2) is 41.1 Å². The quantitative estimate of drug-likeness (QED) is 0.652. The van der Waals surface area contributed by atoms with E-state index in [-0.39, 0.29) is 5.54 Å². The molecule has 0 aromatic carbocycles. The van der Waals surface area contributed by atoms with E-state index in [2.05, 4.69) is 37.4 Å². The molecule has 1 rings (SSSR count). The van der Waals surface area contributed by atoms with Gasteiger partial charge < -0.3 is 5.73 Å². The van der Waals surface area contributed by atoms with Crippen LogP contribution in [0.15, 0.2) is 0 Å². The van der Waals surface area contributed by atoms with Crippen LogP contribution in [0.4, 0.5) is 0 Å². The van der Waals surface area contributed by atoms with Gasteiger partial charge >= 0.3 is 0 Å². The summed E-state index contributed by atoms with van der Waals surface area (Å²) in [6.07, 6.45) is 9.39. The molecule has 1 aliphatic rings. The van der Waals surface area contributed by atoms with Crippen molar-refractivity contribution < 1.29 is 0 Å². The van der Waals surface area contributed by atoms with Gasteiger partial charge in [0.2, 0.25) is 0 Å². The molecule has 2 nitrogen and oxygen atoms in total. The van der Waals surface area contributed by atoms with Gasteiger partial charge in [0.1, 0.15) is 0 Å². The predicted octanol–water partition coefficient (Wildman–Crippen LogP) is 3.89. The minimum Gasteiger partial charge on any atom is -0.329 e. The molecule has 1 saturated heterocycles. The van der Waals surface area contributed by atoms with Gasteiger partial charge in [-0.25, -0.2) is 0 Å². The van der Waals surface area contributed by atoms with Crippen LogP contribution in [0.25, 0.3) is 0 Å². The Morgan fingerprint density at radius 3 is 2.58 bits per heavy atom. The number of nitrogens with two attached hydrogens (primary N) is 1. The van der Waals surface area contributed by atoms with Crippen LogP contribution in [0.2, 0.25) is 0 Å². The normalized spacial score (nSPS) is 24.3. The smallest absolute Gasteiger partial charge is 0.0304 e. The lowest BCUT2D eigenvalue weighted by atomic mass is 9.91. The van der Waals surface area contributed by atoms with Crippen molar-refractivity contribution >= 4 is 11.8 Å². The van der Waals surface area contributed by atoms with Crippen LogP contribution in [0.1, 0.15) is 65.7 Å². The average molecular weight is 287 g/mol. The lowest BCUT2D eigenvalue weighted by Crippen LogP contribution is -2.56. The summed E-state index contributed by atoms with van der Waals surface area (Å²) in [5.74, 6) is 1.28. The summed E-state index contributed by atoms with van der Waals surface area (Å²) in [6.45, 7) is 10.2. The van der Waals surface area contributed by atoms with E-state index in [0.717, 1.165) is 11.8 Å². The molecule has 0 aliphatic carbocycles. The molecule has 1 fully saturated rings. The molecule has 0 spiro atoms. The highest BCUT2D eigenvalue weighted by Gasteiger charge is 2.33. The van der Waals surface area contributed by atoms with Gasteiger partial charge in [0.15, 0.2) is 0 Å².